The molecule has 1 aromatic heterocycles. The Labute approximate surface area is 94.7 Å². The van der Waals surface area contributed by atoms with Gasteiger partial charge < -0.3 is 10.2 Å². The van der Waals surface area contributed by atoms with Gasteiger partial charge in [0.2, 0.25) is 5.13 Å². The Morgan fingerprint density at radius 1 is 1.67 bits per heavy atom. The van der Waals surface area contributed by atoms with E-state index in [1.165, 1.54) is 19.4 Å². The molecule has 15 heavy (non-hydrogen) atoms. The first kappa shape index (κ1) is 10.8. The van der Waals surface area contributed by atoms with Crippen molar-refractivity contribution in [3.63, 3.8) is 0 Å². The molecular weight excluding hydrogens is 208 g/mol. The number of piperidine rings is 1. The number of hydrogen-bond donors (Lipinski definition) is 1. The summed E-state index contributed by atoms with van der Waals surface area (Å²) in [6.45, 7) is 6.64. The first-order valence-corrected chi connectivity index (χ1v) is 6.50. The molecule has 1 atom stereocenters. The lowest BCUT2D eigenvalue weighted by atomic mass is 9.99. The highest BCUT2D eigenvalue weighted by molar-refractivity contribution is 7.13. The molecule has 1 aliphatic heterocycles. The molecule has 0 spiro atoms. The molecule has 0 radical (unpaired) electrons. The second-order valence-electron chi connectivity index (χ2n) is 3.97. The van der Waals surface area contributed by atoms with Crippen molar-refractivity contribution in [2.75, 3.05) is 31.1 Å². The van der Waals surface area contributed by atoms with Gasteiger partial charge in [0, 0.05) is 13.1 Å². The third-order valence-electron chi connectivity index (χ3n) is 2.88. The van der Waals surface area contributed by atoms with E-state index in [1.54, 1.807) is 16.8 Å². The summed E-state index contributed by atoms with van der Waals surface area (Å²) < 4.78 is 0. The van der Waals surface area contributed by atoms with Gasteiger partial charge in [-0.3, -0.25) is 0 Å². The van der Waals surface area contributed by atoms with E-state index in [1.807, 2.05) is 0 Å². The van der Waals surface area contributed by atoms with Gasteiger partial charge in [-0.1, -0.05) is 11.3 Å². The van der Waals surface area contributed by atoms with Crippen LogP contribution in [-0.4, -0.2) is 36.4 Å². The van der Waals surface area contributed by atoms with Crippen LogP contribution < -0.4 is 10.2 Å². The minimum absolute atomic E-state index is 0.766. The molecule has 1 unspecified atom stereocenters. The fourth-order valence-electron chi connectivity index (χ4n) is 2.04. The molecule has 1 aromatic rings. The van der Waals surface area contributed by atoms with Crippen molar-refractivity contribution in [1.82, 2.24) is 15.5 Å². The molecule has 0 amide bonds. The van der Waals surface area contributed by atoms with Crippen LogP contribution in [0.1, 0.15) is 19.8 Å². The quantitative estimate of drug-likeness (QED) is 0.842. The third-order valence-corrected chi connectivity index (χ3v) is 3.63. The van der Waals surface area contributed by atoms with Gasteiger partial charge in [-0.2, -0.15) is 0 Å². The van der Waals surface area contributed by atoms with Gasteiger partial charge in [-0.15, -0.1) is 10.2 Å². The van der Waals surface area contributed by atoms with E-state index < -0.39 is 0 Å². The smallest absolute Gasteiger partial charge is 0.208 e. The highest BCUT2D eigenvalue weighted by Gasteiger charge is 2.17. The van der Waals surface area contributed by atoms with Crippen LogP contribution in [0.25, 0.3) is 0 Å². The number of nitrogens with one attached hydrogen (secondary N) is 1. The van der Waals surface area contributed by atoms with Crippen LogP contribution >= 0.6 is 11.3 Å². The van der Waals surface area contributed by atoms with Crippen molar-refractivity contribution in [2.45, 2.75) is 19.8 Å². The third kappa shape index (κ3) is 2.89. The van der Waals surface area contributed by atoms with E-state index in [0.717, 1.165) is 30.7 Å². The lowest BCUT2D eigenvalue weighted by molar-refractivity contribution is 0.378. The topological polar surface area (TPSA) is 41.0 Å². The molecule has 84 valence electrons. The van der Waals surface area contributed by atoms with E-state index in [0.29, 0.717) is 0 Å². The Bertz CT molecular complexity index is 269. The van der Waals surface area contributed by atoms with Crippen molar-refractivity contribution in [1.29, 1.82) is 0 Å². The number of aromatic nitrogens is 2. The predicted octanol–water partition coefficient (Wildman–Crippen LogP) is 1.36. The van der Waals surface area contributed by atoms with E-state index in [9.17, 15) is 0 Å². The lowest BCUT2D eigenvalue weighted by Gasteiger charge is -2.28. The molecule has 0 aromatic carbocycles. The summed E-state index contributed by atoms with van der Waals surface area (Å²) in [6.07, 6.45) is 2.64. The summed E-state index contributed by atoms with van der Waals surface area (Å²) in [5.74, 6) is 0.766. The van der Waals surface area contributed by atoms with Crippen LogP contribution in [0.4, 0.5) is 5.13 Å². The van der Waals surface area contributed by atoms with Gasteiger partial charge in [-0.25, -0.2) is 0 Å². The summed E-state index contributed by atoms with van der Waals surface area (Å²) in [6, 6.07) is 0. The Balaban J connectivity index is 1.90. The highest BCUT2D eigenvalue weighted by Crippen LogP contribution is 2.19. The van der Waals surface area contributed by atoms with Crippen LogP contribution in [0, 0.1) is 5.92 Å². The van der Waals surface area contributed by atoms with Crippen molar-refractivity contribution >= 4 is 16.5 Å². The van der Waals surface area contributed by atoms with Crippen LogP contribution in [0.3, 0.4) is 0 Å². The summed E-state index contributed by atoms with van der Waals surface area (Å²) in [5, 5.41) is 12.5. The average molecular weight is 226 g/mol. The lowest BCUT2D eigenvalue weighted by Crippen LogP contribution is -2.38. The van der Waals surface area contributed by atoms with Crippen LogP contribution in [-0.2, 0) is 0 Å². The maximum Gasteiger partial charge on any atom is 0.208 e. The Hall–Kier alpha value is -0.680. The fourth-order valence-corrected chi connectivity index (χ4v) is 2.67. The Morgan fingerprint density at radius 3 is 3.20 bits per heavy atom. The summed E-state index contributed by atoms with van der Waals surface area (Å²) in [5.41, 5.74) is 1.80. The molecule has 1 saturated heterocycles. The SMILES string of the molecule is CCN(CC1CCCNC1)c1nncs1. The molecular formula is C10H18N4S. The van der Waals surface area contributed by atoms with E-state index in [2.05, 4.69) is 27.3 Å². The minimum Gasteiger partial charge on any atom is -0.347 e. The van der Waals surface area contributed by atoms with E-state index in [4.69, 9.17) is 0 Å². The highest BCUT2D eigenvalue weighted by atomic mass is 32.1. The van der Waals surface area contributed by atoms with E-state index in [-0.39, 0.29) is 0 Å². The number of nitrogens with zero attached hydrogens (tertiary/aromatic N) is 3. The summed E-state index contributed by atoms with van der Waals surface area (Å²) >= 11 is 1.63. The summed E-state index contributed by atoms with van der Waals surface area (Å²) in [4.78, 5) is 2.33. The van der Waals surface area contributed by atoms with Crippen molar-refractivity contribution in [2.24, 2.45) is 5.92 Å². The molecule has 1 fully saturated rings. The maximum atomic E-state index is 4.13. The standard InChI is InChI=1S/C10H18N4S/c1-2-14(10-13-12-8-15-10)7-9-4-3-5-11-6-9/h8-9,11H,2-7H2,1H3. The van der Waals surface area contributed by atoms with Gasteiger partial charge in [-0.05, 0) is 38.8 Å². The minimum atomic E-state index is 0.766. The van der Waals surface area contributed by atoms with Crippen LogP contribution in [0.5, 0.6) is 0 Å². The molecule has 1 N–H and O–H groups in total. The van der Waals surface area contributed by atoms with Gasteiger partial charge >= 0.3 is 0 Å². The molecule has 0 bridgehead atoms. The zero-order valence-corrected chi connectivity index (χ0v) is 9.96. The van der Waals surface area contributed by atoms with Crippen LogP contribution in [0.15, 0.2) is 5.51 Å². The predicted molar refractivity (Wildman–Crippen MR) is 63.4 cm³/mol. The largest absolute Gasteiger partial charge is 0.347 e. The van der Waals surface area contributed by atoms with Crippen molar-refractivity contribution in [3.05, 3.63) is 5.51 Å². The number of anilines is 1. The Morgan fingerprint density at radius 2 is 2.60 bits per heavy atom. The second-order valence-corrected chi connectivity index (χ2v) is 4.78. The summed E-state index contributed by atoms with van der Waals surface area (Å²) in [7, 11) is 0. The molecule has 4 nitrogen and oxygen atoms in total. The molecule has 2 heterocycles. The average Bonchev–Trinajstić information content (AvgIpc) is 2.81. The second kappa shape index (κ2) is 5.42. The van der Waals surface area contributed by atoms with Crippen LogP contribution in [0.2, 0.25) is 0 Å². The molecule has 0 aliphatic carbocycles. The molecule has 2 rings (SSSR count). The zero-order chi connectivity index (χ0) is 10.5. The maximum absolute atomic E-state index is 4.13. The molecule has 0 saturated carbocycles. The molecule has 5 heteroatoms. The zero-order valence-electron chi connectivity index (χ0n) is 9.15. The monoisotopic (exact) mass is 226 g/mol. The first-order valence-electron chi connectivity index (χ1n) is 5.62. The van der Waals surface area contributed by atoms with Gasteiger partial charge in [0.1, 0.15) is 5.51 Å². The number of rotatable bonds is 4. The normalized spacial score (nSPS) is 21.5. The number of hydrogen-bond acceptors (Lipinski definition) is 5. The van der Waals surface area contributed by atoms with Gasteiger partial charge in [0.25, 0.3) is 0 Å². The van der Waals surface area contributed by atoms with Gasteiger partial charge in [0.15, 0.2) is 0 Å². The molecule has 1 aliphatic rings. The Kier molecular flexibility index (Phi) is 3.91. The van der Waals surface area contributed by atoms with E-state index >= 15 is 0 Å². The van der Waals surface area contributed by atoms with Crippen molar-refractivity contribution < 1.29 is 0 Å². The first-order chi connectivity index (χ1) is 7.40. The fraction of sp³-hybridized carbons (Fsp3) is 0.800. The van der Waals surface area contributed by atoms with Gasteiger partial charge in [0.05, 0.1) is 0 Å². The van der Waals surface area contributed by atoms with Crippen molar-refractivity contribution in [3.8, 4) is 0 Å².